The molecular weight excluding hydrogens is 406 g/mol. The highest BCUT2D eigenvalue weighted by atomic mass is 32.1. The van der Waals surface area contributed by atoms with E-state index in [-0.39, 0.29) is 11.8 Å². The summed E-state index contributed by atoms with van der Waals surface area (Å²) in [5.74, 6) is 0.251. The van der Waals surface area contributed by atoms with Crippen molar-refractivity contribution in [3.8, 4) is 0 Å². The minimum atomic E-state index is 0.0380. The quantitative estimate of drug-likeness (QED) is 0.662. The van der Waals surface area contributed by atoms with Gasteiger partial charge in [-0.1, -0.05) is 41.7 Å². The molecule has 3 aromatic rings. The lowest BCUT2D eigenvalue weighted by atomic mass is 9.96. The second-order valence-electron chi connectivity index (χ2n) is 8.65. The molecule has 2 aliphatic heterocycles. The molecule has 1 atom stereocenters. The van der Waals surface area contributed by atoms with Crippen LogP contribution in [0, 0.1) is 5.92 Å². The smallest absolute Gasteiger partial charge is 0.225 e. The van der Waals surface area contributed by atoms with Gasteiger partial charge in [0, 0.05) is 45.0 Å². The Labute approximate surface area is 187 Å². The molecule has 6 nitrogen and oxygen atoms in total. The van der Waals surface area contributed by atoms with Crippen molar-refractivity contribution in [2.75, 3.05) is 31.1 Å². The van der Waals surface area contributed by atoms with Gasteiger partial charge in [-0.3, -0.25) is 9.69 Å². The number of anilines is 1. The Morgan fingerprint density at radius 1 is 1.06 bits per heavy atom. The van der Waals surface area contributed by atoms with E-state index in [1.54, 1.807) is 11.3 Å². The Morgan fingerprint density at radius 2 is 1.90 bits per heavy atom. The predicted molar refractivity (Wildman–Crippen MR) is 125 cm³/mol. The molecule has 1 unspecified atom stereocenters. The molecule has 7 heteroatoms. The van der Waals surface area contributed by atoms with Gasteiger partial charge in [-0.05, 0) is 43.4 Å². The lowest BCUT2D eigenvalue weighted by Crippen LogP contribution is -2.49. The number of hydrogen-bond acceptors (Lipinski definition) is 6. The number of pyridine rings is 1. The largest absolute Gasteiger partial charge is 0.353 e. The molecule has 2 aromatic heterocycles. The molecule has 0 aliphatic carbocycles. The summed E-state index contributed by atoms with van der Waals surface area (Å²) in [6.45, 7) is 4.78. The fraction of sp³-hybridized carbons (Fsp3) is 0.458. The lowest BCUT2D eigenvalue weighted by molar-refractivity contribution is -0.126. The van der Waals surface area contributed by atoms with Crippen molar-refractivity contribution in [3.63, 3.8) is 0 Å². The first-order valence-electron chi connectivity index (χ1n) is 11.3. The summed E-state index contributed by atoms with van der Waals surface area (Å²) in [5.41, 5.74) is 2.30. The van der Waals surface area contributed by atoms with E-state index in [4.69, 9.17) is 4.98 Å². The van der Waals surface area contributed by atoms with Gasteiger partial charge in [0.2, 0.25) is 5.91 Å². The second-order valence-corrected chi connectivity index (χ2v) is 9.61. The summed E-state index contributed by atoms with van der Waals surface area (Å²) in [4.78, 5) is 27.9. The third-order valence-electron chi connectivity index (χ3n) is 6.40. The van der Waals surface area contributed by atoms with Gasteiger partial charge in [0.05, 0.1) is 5.92 Å². The number of piperidine rings is 2. The van der Waals surface area contributed by atoms with Crippen molar-refractivity contribution in [2.24, 2.45) is 5.92 Å². The Balaban J connectivity index is 1.13. The molecule has 1 amide bonds. The Morgan fingerprint density at radius 3 is 2.71 bits per heavy atom. The van der Waals surface area contributed by atoms with Crippen molar-refractivity contribution < 1.29 is 4.79 Å². The van der Waals surface area contributed by atoms with Crippen LogP contribution in [0.3, 0.4) is 0 Å². The van der Waals surface area contributed by atoms with E-state index in [1.165, 1.54) is 5.56 Å². The maximum Gasteiger partial charge on any atom is 0.225 e. The monoisotopic (exact) mass is 435 g/mol. The second kappa shape index (κ2) is 9.32. The number of carbonyl (C=O) groups excluding carboxylic acids is 1. The summed E-state index contributed by atoms with van der Waals surface area (Å²) in [5, 5.41) is 4.34. The van der Waals surface area contributed by atoms with E-state index in [0.717, 1.165) is 73.9 Å². The molecule has 4 heterocycles. The number of amides is 1. The highest BCUT2D eigenvalue weighted by Gasteiger charge is 2.29. The molecular formula is C24H29N5OS. The number of aromatic nitrogens is 2. The average Bonchev–Trinajstić information content (AvgIpc) is 3.26. The van der Waals surface area contributed by atoms with Crippen molar-refractivity contribution >= 4 is 32.7 Å². The van der Waals surface area contributed by atoms with Crippen LogP contribution in [0.5, 0.6) is 0 Å². The molecule has 31 heavy (non-hydrogen) atoms. The number of nitrogens with zero attached hydrogens (tertiary/aromatic N) is 4. The first-order chi connectivity index (χ1) is 15.2. The van der Waals surface area contributed by atoms with Crippen LogP contribution in [-0.4, -0.2) is 53.0 Å². The molecule has 0 bridgehead atoms. The van der Waals surface area contributed by atoms with E-state index in [0.29, 0.717) is 6.04 Å². The van der Waals surface area contributed by atoms with Gasteiger partial charge in [0.1, 0.15) is 10.3 Å². The number of rotatable bonds is 5. The van der Waals surface area contributed by atoms with Crippen LogP contribution in [0.15, 0.2) is 48.7 Å². The van der Waals surface area contributed by atoms with E-state index in [2.05, 4.69) is 50.4 Å². The predicted octanol–water partition coefficient (Wildman–Crippen LogP) is 3.69. The minimum absolute atomic E-state index is 0.0380. The van der Waals surface area contributed by atoms with E-state index >= 15 is 0 Å². The Bertz CT molecular complexity index is 982. The molecule has 2 fully saturated rings. The third kappa shape index (κ3) is 4.88. The van der Waals surface area contributed by atoms with Gasteiger partial charge in [-0.25, -0.2) is 9.97 Å². The topological polar surface area (TPSA) is 61.4 Å². The van der Waals surface area contributed by atoms with Gasteiger partial charge >= 0.3 is 0 Å². The van der Waals surface area contributed by atoms with Crippen molar-refractivity contribution in [2.45, 2.75) is 38.3 Å². The van der Waals surface area contributed by atoms with Crippen molar-refractivity contribution in [1.29, 1.82) is 0 Å². The molecule has 2 saturated heterocycles. The Kier molecular flexibility index (Phi) is 6.13. The van der Waals surface area contributed by atoms with Gasteiger partial charge in [0.15, 0.2) is 5.13 Å². The van der Waals surface area contributed by atoms with E-state index in [1.807, 2.05) is 18.3 Å². The normalized spacial score (nSPS) is 20.8. The van der Waals surface area contributed by atoms with Crippen molar-refractivity contribution in [3.05, 3.63) is 54.2 Å². The SMILES string of the molecule is O=C(NC1CCN(Cc2ccccc2)CC1)C1CCCN(c2nc3cccnc3s2)C1. The van der Waals surface area contributed by atoms with E-state index < -0.39 is 0 Å². The minimum Gasteiger partial charge on any atom is -0.353 e. The van der Waals surface area contributed by atoms with Crippen LogP contribution in [0.25, 0.3) is 10.3 Å². The Hall–Kier alpha value is -2.51. The first-order valence-corrected chi connectivity index (χ1v) is 12.1. The number of fused-ring (bicyclic) bond motifs is 1. The highest BCUT2D eigenvalue weighted by molar-refractivity contribution is 7.21. The number of hydrogen-bond donors (Lipinski definition) is 1. The summed E-state index contributed by atoms with van der Waals surface area (Å²) in [7, 11) is 0. The number of thiazole rings is 1. The van der Waals surface area contributed by atoms with Gasteiger partial charge in [0.25, 0.3) is 0 Å². The van der Waals surface area contributed by atoms with Gasteiger partial charge in [-0.15, -0.1) is 0 Å². The highest BCUT2D eigenvalue weighted by Crippen LogP contribution is 2.30. The molecule has 162 valence electrons. The molecule has 0 spiro atoms. The summed E-state index contributed by atoms with van der Waals surface area (Å²) >= 11 is 1.62. The maximum atomic E-state index is 13.0. The van der Waals surface area contributed by atoms with Gasteiger partial charge in [-0.2, -0.15) is 0 Å². The number of carbonyl (C=O) groups is 1. The summed E-state index contributed by atoms with van der Waals surface area (Å²) < 4.78 is 0. The third-order valence-corrected chi connectivity index (χ3v) is 7.44. The molecule has 5 rings (SSSR count). The van der Waals surface area contributed by atoms with Crippen LogP contribution in [0.4, 0.5) is 5.13 Å². The summed E-state index contributed by atoms with van der Waals surface area (Å²) in [6.07, 6.45) is 5.84. The number of likely N-dealkylation sites (tertiary alicyclic amines) is 1. The fourth-order valence-corrected chi connectivity index (χ4v) is 5.60. The number of benzene rings is 1. The van der Waals surface area contributed by atoms with Crippen molar-refractivity contribution in [1.82, 2.24) is 20.2 Å². The molecule has 0 saturated carbocycles. The average molecular weight is 436 g/mol. The molecule has 0 radical (unpaired) electrons. The number of nitrogens with one attached hydrogen (secondary N) is 1. The van der Waals surface area contributed by atoms with Crippen LogP contribution in [0.2, 0.25) is 0 Å². The van der Waals surface area contributed by atoms with Crippen LogP contribution in [-0.2, 0) is 11.3 Å². The summed E-state index contributed by atoms with van der Waals surface area (Å²) in [6, 6.07) is 14.8. The molecule has 2 aliphatic rings. The standard InChI is InChI=1S/C24H29N5OS/c30-22(26-20-10-14-28(15-11-20)16-18-6-2-1-3-7-18)19-8-5-13-29(17-19)24-27-21-9-4-12-25-23(21)31-24/h1-4,6-7,9,12,19-20H,5,8,10-11,13-17H2,(H,26,30). The lowest BCUT2D eigenvalue weighted by Gasteiger charge is -2.35. The van der Waals surface area contributed by atoms with Crippen LogP contribution < -0.4 is 10.2 Å². The van der Waals surface area contributed by atoms with Crippen LogP contribution >= 0.6 is 11.3 Å². The van der Waals surface area contributed by atoms with Gasteiger partial charge < -0.3 is 10.2 Å². The molecule has 1 aromatic carbocycles. The fourth-order valence-electron chi connectivity index (χ4n) is 4.65. The zero-order valence-corrected chi connectivity index (χ0v) is 18.6. The zero-order valence-electron chi connectivity index (χ0n) is 17.7. The van der Waals surface area contributed by atoms with Crippen LogP contribution in [0.1, 0.15) is 31.2 Å². The first kappa shape index (κ1) is 20.4. The van der Waals surface area contributed by atoms with E-state index in [9.17, 15) is 4.79 Å². The molecule has 1 N–H and O–H groups in total. The zero-order chi connectivity index (χ0) is 21.0. The maximum absolute atomic E-state index is 13.0.